The maximum absolute atomic E-state index is 12.2. The van der Waals surface area contributed by atoms with Gasteiger partial charge in [-0.15, -0.1) is 0 Å². The van der Waals surface area contributed by atoms with Gasteiger partial charge in [0.1, 0.15) is 0 Å². The van der Waals surface area contributed by atoms with Crippen molar-refractivity contribution in [2.75, 3.05) is 0 Å². The summed E-state index contributed by atoms with van der Waals surface area (Å²) in [5.74, 6) is 1.83. The lowest BCUT2D eigenvalue weighted by Crippen LogP contribution is -2.42. The van der Waals surface area contributed by atoms with E-state index in [1.165, 1.54) is 6.42 Å². The highest BCUT2D eigenvalue weighted by Crippen LogP contribution is 2.28. The van der Waals surface area contributed by atoms with Gasteiger partial charge in [-0.1, -0.05) is 27.2 Å². The molecule has 0 aromatic carbocycles. The van der Waals surface area contributed by atoms with Crippen LogP contribution in [-0.4, -0.2) is 18.0 Å². The van der Waals surface area contributed by atoms with E-state index in [4.69, 9.17) is 5.73 Å². The fourth-order valence-electron chi connectivity index (χ4n) is 3.29. The predicted molar refractivity (Wildman–Crippen MR) is 80.8 cm³/mol. The maximum Gasteiger partial charge on any atom is 0.223 e. The van der Waals surface area contributed by atoms with Crippen LogP contribution in [0.25, 0.3) is 0 Å². The van der Waals surface area contributed by atoms with Crippen molar-refractivity contribution in [1.29, 1.82) is 0 Å². The van der Waals surface area contributed by atoms with Crippen molar-refractivity contribution in [3.63, 3.8) is 0 Å². The summed E-state index contributed by atoms with van der Waals surface area (Å²) in [7, 11) is 0. The highest BCUT2D eigenvalue weighted by Gasteiger charge is 2.26. The SMILES string of the molecule is CC(N)CCCC(C)C(=O)NC1CC(C)CC(C)C1. The van der Waals surface area contributed by atoms with Crippen molar-refractivity contribution >= 4 is 5.91 Å². The zero-order chi connectivity index (χ0) is 14.4. The predicted octanol–water partition coefficient (Wildman–Crippen LogP) is 3.08. The van der Waals surface area contributed by atoms with Crippen LogP contribution in [0.1, 0.15) is 66.2 Å². The molecule has 4 atom stereocenters. The van der Waals surface area contributed by atoms with Crippen molar-refractivity contribution in [3.05, 3.63) is 0 Å². The molecular formula is C16H32N2O. The normalized spacial score (nSPS) is 30.7. The van der Waals surface area contributed by atoms with Gasteiger partial charge in [0, 0.05) is 18.0 Å². The largest absolute Gasteiger partial charge is 0.353 e. The number of hydrogen-bond donors (Lipinski definition) is 2. The van der Waals surface area contributed by atoms with Crippen molar-refractivity contribution in [3.8, 4) is 0 Å². The van der Waals surface area contributed by atoms with Gasteiger partial charge in [0.15, 0.2) is 0 Å². The van der Waals surface area contributed by atoms with E-state index in [1.807, 2.05) is 13.8 Å². The van der Waals surface area contributed by atoms with Gasteiger partial charge in [-0.3, -0.25) is 4.79 Å². The number of carbonyl (C=O) groups excluding carboxylic acids is 1. The third-order valence-electron chi connectivity index (χ3n) is 4.27. The number of nitrogens with one attached hydrogen (secondary N) is 1. The van der Waals surface area contributed by atoms with Crippen LogP contribution >= 0.6 is 0 Å². The molecule has 3 nitrogen and oxygen atoms in total. The highest BCUT2D eigenvalue weighted by molar-refractivity contribution is 5.78. The number of hydrogen-bond acceptors (Lipinski definition) is 2. The van der Waals surface area contributed by atoms with Gasteiger partial charge >= 0.3 is 0 Å². The van der Waals surface area contributed by atoms with E-state index in [0.29, 0.717) is 6.04 Å². The Hall–Kier alpha value is -0.570. The molecule has 1 aliphatic rings. The van der Waals surface area contributed by atoms with E-state index < -0.39 is 0 Å². The van der Waals surface area contributed by atoms with E-state index in [9.17, 15) is 4.79 Å². The molecule has 0 bridgehead atoms. The summed E-state index contributed by atoms with van der Waals surface area (Å²) < 4.78 is 0. The summed E-state index contributed by atoms with van der Waals surface area (Å²) in [5.41, 5.74) is 5.73. The molecule has 0 radical (unpaired) electrons. The van der Waals surface area contributed by atoms with E-state index in [-0.39, 0.29) is 17.9 Å². The van der Waals surface area contributed by atoms with Crippen LogP contribution in [0.5, 0.6) is 0 Å². The average Bonchev–Trinajstić information content (AvgIpc) is 2.26. The second kappa shape index (κ2) is 7.88. The monoisotopic (exact) mass is 268 g/mol. The molecule has 3 heteroatoms. The first-order valence-electron chi connectivity index (χ1n) is 7.94. The molecule has 112 valence electrons. The van der Waals surface area contributed by atoms with Crippen molar-refractivity contribution in [2.24, 2.45) is 23.5 Å². The lowest BCUT2D eigenvalue weighted by molar-refractivity contribution is -0.125. The first kappa shape index (κ1) is 16.5. The van der Waals surface area contributed by atoms with Gasteiger partial charge in [-0.2, -0.15) is 0 Å². The zero-order valence-corrected chi connectivity index (χ0v) is 13.1. The van der Waals surface area contributed by atoms with Crippen molar-refractivity contribution < 1.29 is 4.79 Å². The third kappa shape index (κ3) is 6.42. The molecule has 19 heavy (non-hydrogen) atoms. The van der Waals surface area contributed by atoms with Crippen molar-refractivity contribution in [2.45, 2.75) is 78.3 Å². The summed E-state index contributed by atoms with van der Waals surface area (Å²) in [6, 6.07) is 0.637. The summed E-state index contributed by atoms with van der Waals surface area (Å²) in [6.45, 7) is 8.64. The lowest BCUT2D eigenvalue weighted by Gasteiger charge is -2.32. The first-order chi connectivity index (χ1) is 8.88. The Balaban J connectivity index is 2.29. The topological polar surface area (TPSA) is 55.1 Å². The summed E-state index contributed by atoms with van der Waals surface area (Å²) in [5, 5.41) is 3.25. The summed E-state index contributed by atoms with van der Waals surface area (Å²) in [4.78, 5) is 12.2. The number of carbonyl (C=O) groups is 1. The van der Waals surface area contributed by atoms with Gasteiger partial charge in [0.2, 0.25) is 5.91 Å². The molecule has 0 aromatic heterocycles. The number of rotatable bonds is 6. The van der Waals surface area contributed by atoms with Gasteiger partial charge in [-0.25, -0.2) is 0 Å². The Bertz CT molecular complexity index is 268. The molecule has 0 saturated heterocycles. The van der Waals surface area contributed by atoms with E-state index in [1.54, 1.807) is 0 Å². The number of amides is 1. The summed E-state index contributed by atoms with van der Waals surface area (Å²) in [6.07, 6.45) is 6.59. The second-order valence-corrected chi connectivity index (χ2v) is 6.93. The van der Waals surface area contributed by atoms with E-state index in [0.717, 1.165) is 43.9 Å². The first-order valence-corrected chi connectivity index (χ1v) is 7.94. The Kier molecular flexibility index (Phi) is 6.84. The molecule has 1 aliphatic carbocycles. The minimum absolute atomic E-state index is 0.117. The Labute approximate surface area is 118 Å². The Morgan fingerprint density at radius 3 is 2.26 bits per heavy atom. The molecule has 0 spiro atoms. The Morgan fingerprint density at radius 1 is 1.16 bits per heavy atom. The molecule has 1 fully saturated rings. The second-order valence-electron chi connectivity index (χ2n) is 6.93. The summed E-state index contributed by atoms with van der Waals surface area (Å²) >= 11 is 0. The highest BCUT2D eigenvalue weighted by atomic mass is 16.1. The van der Waals surface area contributed by atoms with Gasteiger partial charge < -0.3 is 11.1 Å². The zero-order valence-electron chi connectivity index (χ0n) is 13.1. The van der Waals surface area contributed by atoms with Crippen LogP contribution in [0.3, 0.4) is 0 Å². The van der Waals surface area contributed by atoms with Gasteiger partial charge in [0.05, 0.1) is 0 Å². The van der Waals surface area contributed by atoms with E-state index in [2.05, 4.69) is 19.2 Å². The number of nitrogens with two attached hydrogens (primary N) is 1. The smallest absolute Gasteiger partial charge is 0.223 e. The van der Waals surface area contributed by atoms with E-state index >= 15 is 0 Å². The minimum atomic E-state index is 0.117. The molecular weight excluding hydrogens is 236 g/mol. The molecule has 1 rings (SSSR count). The maximum atomic E-state index is 12.2. The van der Waals surface area contributed by atoms with Crippen LogP contribution in [0.15, 0.2) is 0 Å². The van der Waals surface area contributed by atoms with Crippen LogP contribution in [-0.2, 0) is 4.79 Å². The fraction of sp³-hybridized carbons (Fsp3) is 0.938. The molecule has 1 amide bonds. The lowest BCUT2D eigenvalue weighted by atomic mass is 9.80. The fourth-order valence-corrected chi connectivity index (χ4v) is 3.29. The van der Waals surface area contributed by atoms with Crippen LogP contribution in [0.2, 0.25) is 0 Å². The Morgan fingerprint density at radius 2 is 1.74 bits per heavy atom. The third-order valence-corrected chi connectivity index (χ3v) is 4.27. The molecule has 3 N–H and O–H groups in total. The standard InChI is InChI=1S/C16H32N2O/c1-11-8-12(2)10-15(9-11)18-16(19)13(3)6-5-7-14(4)17/h11-15H,5-10,17H2,1-4H3,(H,18,19). The quantitative estimate of drug-likeness (QED) is 0.778. The molecule has 0 aromatic rings. The molecule has 0 heterocycles. The molecule has 1 saturated carbocycles. The minimum Gasteiger partial charge on any atom is -0.353 e. The molecule has 0 aliphatic heterocycles. The van der Waals surface area contributed by atoms with Crippen LogP contribution < -0.4 is 11.1 Å². The molecule has 4 unspecified atom stereocenters. The van der Waals surface area contributed by atoms with Gasteiger partial charge in [0.25, 0.3) is 0 Å². The van der Waals surface area contributed by atoms with Crippen LogP contribution in [0, 0.1) is 17.8 Å². The van der Waals surface area contributed by atoms with Crippen LogP contribution in [0.4, 0.5) is 0 Å². The van der Waals surface area contributed by atoms with Gasteiger partial charge in [-0.05, 0) is 50.9 Å². The average molecular weight is 268 g/mol. The van der Waals surface area contributed by atoms with Crippen molar-refractivity contribution in [1.82, 2.24) is 5.32 Å².